The van der Waals surface area contributed by atoms with Crippen molar-refractivity contribution < 1.29 is 4.74 Å². The molecule has 0 bridgehead atoms. The standard InChI is InChI=1S/C19H31NO/c1-14(2)9-16(13-20-12-15(3)4)10-18-11-17-7-5-6-8-19(17)21-18/h5-8,14-16,18,20H,9-13H2,1-4H3. The second-order valence-electron chi connectivity index (χ2n) is 7.34. The first kappa shape index (κ1) is 16.4. The summed E-state index contributed by atoms with van der Waals surface area (Å²) in [6.07, 6.45) is 3.89. The Labute approximate surface area is 130 Å². The summed E-state index contributed by atoms with van der Waals surface area (Å²) in [7, 11) is 0. The molecule has 0 spiro atoms. The van der Waals surface area contributed by atoms with Crippen molar-refractivity contribution in [2.45, 2.75) is 53.1 Å². The normalized spacial score (nSPS) is 18.9. The molecule has 1 aromatic carbocycles. The first-order valence-electron chi connectivity index (χ1n) is 8.49. The van der Waals surface area contributed by atoms with Crippen LogP contribution in [0.2, 0.25) is 0 Å². The Bertz CT molecular complexity index is 402. The van der Waals surface area contributed by atoms with E-state index in [1.807, 2.05) is 0 Å². The van der Waals surface area contributed by atoms with Crippen LogP contribution in [0.1, 0.15) is 46.1 Å². The molecule has 118 valence electrons. The smallest absolute Gasteiger partial charge is 0.123 e. The molecule has 1 heterocycles. The summed E-state index contributed by atoms with van der Waals surface area (Å²) in [5, 5.41) is 3.63. The van der Waals surface area contributed by atoms with Crippen molar-refractivity contribution in [2.75, 3.05) is 13.1 Å². The molecule has 2 heteroatoms. The summed E-state index contributed by atoms with van der Waals surface area (Å²) in [4.78, 5) is 0. The minimum Gasteiger partial charge on any atom is -0.490 e. The van der Waals surface area contributed by atoms with Crippen molar-refractivity contribution >= 4 is 0 Å². The van der Waals surface area contributed by atoms with E-state index in [1.165, 1.54) is 12.0 Å². The summed E-state index contributed by atoms with van der Waals surface area (Å²) in [5.41, 5.74) is 1.38. The summed E-state index contributed by atoms with van der Waals surface area (Å²) in [5.74, 6) is 3.28. The Hall–Kier alpha value is -1.02. The van der Waals surface area contributed by atoms with E-state index in [4.69, 9.17) is 4.74 Å². The van der Waals surface area contributed by atoms with Crippen LogP contribution in [-0.2, 0) is 6.42 Å². The maximum atomic E-state index is 6.12. The van der Waals surface area contributed by atoms with Crippen LogP contribution in [0.15, 0.2) is 24.3 Å². The lowest BCUT2D eigenvalue weighted by molar-refractivity contribution is 0.181. The first-order chi connectivity index (χ1) is 10.0. The third kappa shape index (κ3) is 5.35. The fraction of sp³-hybridized carbons (Fsp3) is 0.684. The van der Waals surface area contributed by atoms with Crippen LogP contribution in [0, 0.1) is 17.8 Å². The zero-order valence-corrected chi connectivity index (χ0v) is 14.1. The number of fused-ring (bicyclic) bond motifs is 1. The summed E-state index contributed by atoms with van der Waals surface area (Å²) in [6, 6.07) is 8.48. The number of benzene rings is 1. The summed E-state index contributed by atoms with van der Waals surface area (Å²) < 4.78 is 6.12. The predicted molar refractivity (Wildman–Crippen MR) is 89.8 cm³/mol. The van der Waals surface area contributed by atoms with Crippen molar-refractivity contribution in [3.8, 4) is 5.75 Å². The second kappa shape index (κ2) is 7.84. The minimum atomic E-state index is 0.368. The molecule has 1 aliphatic rings. The number of para-hydroxylation sites is 1. The monoisotopic (exact) mass is 289 g/mol. The highest BCUT2D eigenvalue weighted by Crippen LogP contribution is 2.31. The van der Waals surface area contributed by atoms with Gasteiger partial charge in [-0.1, -0.05) is 45.9 Å². The lowest BCUT2D eigenvalue weighted by Crippen LogP contribution is -2.30. The molecule has 2 unspecified atom stereocenters. The number of ether oxygens (including phenoxy) is 1. The van der Waals surface area contributed by atoms with Gasteiger partial charge in [0.1, 0.15) is 11.9 Å². The molecule has 0 saturated carbocycles. The summed E-state index contributed by atoms with van der Waals surface area (Å²) >= 11 is 0. The average Bonchev–Trinajstić information content (AvgIpc) is 2.79. The molecule has 0 saturated heterocycles. The van der Waals surface area contributed by atoms with Crippen molar-refractivity contribution in [1.82, 2.24) is 5.32 Å². The van der Waals surface area contributed by atoms with Gasteiger partial charge in [0.05, 0.1) is 0 Å². The molecule has 1 aliphatic heterocycles. The van der Waals surface area contributed by atoms with Crippen LogP contribution in [-0.4, -0.2) is 19.2 Å². The van der Waals surface area contributed by atoms with Gasteiger partial charge in [-0.3, -0.25) is 0 Å². The lowest BCUT2D eigenvalue weighted by Gasteiger charge is -2.23. The Morgan fingerprint density at radius 2 is 1.86 bits per heavy atom. The lowest BCUT2D eigenvalue weighted by atomic mass is 9.90. The Morgan fingerprint density at radius 3 is 2.52 bits per heavy atom. The van der Waals surface area contributed by atoms with Gasteiger partial charge in [-0.15, -0.1) is 0 Å². The maximum absolute atomic E-state index is 6.12. The van der Waals surface area contributed by atoms with Gasteiger partial charge >= 0.3 is 0 Å². The molecule has 0 aromatic heterocycles. The Kier molecular flexibility index (Phi) is 6.10. The van der Waals surface area contributed by atoms with E-state index in [0.29, 0.717) is 12.0 Å². The number of rotatable bonds is 8. The molecule has 0 amide bonds. The SMILES string of the molecule is CC(C)CNCC(CC(C)C)CC1Cc2ccccc2O1. The van der Waals surface area contributed by atoms with Crippen LogP contribution in [0.25, 0.3) is 0 Å². The minimum absolute atomic E-state index is 0.368. The summed E-state index contributed by atoms with van der Waals surface area (Å²) in [6.45, 7) is 11.4. The largest absolute Gasteiger partial charge is 0.490 e. The van der Waals surface area contributed by atoms with Gasteiger partial charge in [-0.25, -0.2) is 0 Å². The Balaban J connectivity index is 1.84. The molecule has 1 N–H and O–H groups in total. The van der Waals surface area contributed by atoms with Gasteiger partial charge < -0.3 is 10.1 Å². The van der Waals surface area contributed by atoms with E-state index in [0.717, 1.165) is 43.5 Å². The molecule has 0 fully saturated rings. The van der Waals surface area contributed by atoms with Gasteiger partial charge in [0.15, 0.2) is 0 Å². The molecule has 2 atom stereocenters. The topological polar surface area (TPSA) is 21.3 Å². The molecule has 2 nitrogen and oxygen atoms in total. The van der Waals surface area contributed by atoms with Crippen LogP contribution < -0.4 is 10.1 Å². The van der Waals surface area contributed by atoms with Crippen LogP contribution in [0.3, 0.4) is 0 Å². The third-order valence-electron chi connectivity index (χ3n) is 4.10. The number of hydrogen-bond donors (Lipinski definition) is 1. The zero-order chi connectivity index (χ0) is 15.2. The predicted octanol–water partition coefficient (Wildman–Crippen LogP) is 4.29. The fourth-order valence-corrected chi connectivity index (χ4v) is 3.26. The van der Waals surface area contributed by atoms with Crippen molar-refractivity contribution in [3.63, 3.8) is 0 Å². The average molecular weight is 289 g/mol. The fourth-order valence-electron chi connectivity index (χ4n) is 3.26. The molecule has 2 rings (SSSR count). The van der Waals surface area contributed by atoms with Gasteiger partial charge in [0.25, 0.3) is 0 Å². The van der Waals surface area contributed by atoms with Crippen LogP contribution in [0.5, 0.6) is 5.75 Å². The molecule has 0 aliphatic carbocycles. The van der Waals surface area contributed by atoms with Crippen molar-refractivity contribution in [1.29, 1.82) is 0 Å². The van der Waals surface area contributed by atoms with Crippen molar-refractivity contribution in [2.24, 2.45) is 17.8 Å². The number of nitrogens with one attached hydrogen (secondary N) is 1. The second-order valence-corrected chi connectivity index (χ2v) is 7.34. The molecular weight excluding hydrogens is 258 g/mol. The van der Waals surface area contributed by atoms with Gasteiger partial charge in [-0.05, 0) is 55.3 Å². The quantitative estimate of drug-likeness (QED) is 0.771. The molecule has 21 heavy (non-hydrogen) atoms. The number of hydrogen-bond acceptors (Lipinski definition) is 2. The van der Waals surface area contributed by atoms with Gasteiger partial charge in [-0.2, -0.15) is 0 Å². The van der Waals surface area contributed by atoms with E-state index < -0.39 is 0 Å². The van der Waals surface area contributed by atoms with Crippen LogP contribution in [0.4, 0.5) is 0 Å². The highest BCUT2D eigenvalue weighted by atomic mass is 16.5. The zero-order valence-electron chi connectivity index (χ0n) is 14.1. The molecular formula is C19H31NO. The first-order valence-corrected chi connectivity index (χ1v) is 8.49. The van der Waals surface area contributed by atoms with E-state index in [1.54, 1.807) is 0 Å². The van der Waals surface area contributed by atoms with Crippen molar-refractivity contribution in [3.05, 3.63) is 29.8 Å². The van der Waals surface area contributed by atoms with Crippen LogP contribution >= 0.6 is 0 Å². The molecule has 1 aromatic rings. The van der Waals surface area contributed by atoms with E-state index in [9.17, 15) is 0 Å². The van der Waals surface area contributed by atoms with E-state index >= 15 is 0 Å². The Morgan fingerprint density at radius 1 is 1.10 bits per heavy atom. The van der Waals surface area contributed by atoms with E-state index in [-0.39, 0.29) is 0 Å². The third-order valence-corrected chi connectivity index (χ3v) is 4.10. The molecule has 0 radical (unpaired) electrons. The van der Waals surface area contributed by atoms with Gasteiger partial charge in [0.2, 0.25) is 0 Å². The van der Waals surface area contributed by atoms with Gasteiger partial charge in [0, 0.05) is 6.42 Å². The highest BCUT2D eigenvalue weighted by Gasteiger charge is 2.25. The maximum Gasteiger partial charge on any atom is 0.123 e. The highest BCUT2D eigenvalue weighted by molar-refractivity contribution is 5.37. The van der Waals surface area contributed by atoms with E-state index in [2.05, 4.69) is 57.3 Å².